The van der Waals surface area contributed by atoms with Crippen molar-refractivity contribution in [1.29, 1.82) is 0 Å². The summed E-state index contributed by atoms with van der Waals surface area (Å²) in [6.45, 7) is 2.18. The van der Waals surface area contributed by atoms with E-state index in [9.17, 15) is 13.6 Å². The summed E-state index contributed by atoms with van der Waals surface area (Å²) in [7, 11) is 0. The topological polar surface area (TPSA) is 73.9 Å². The second kappa shape index (κ2) is 8.38. The molecule has 0 radical (unpaired) electrons. The average Bonchev–Trinajstić information content (AvgIpc) is 3.25. The van der Waals surface area contributed by atoms with Gasteiger partial charge in [-0.15, -0.1) is 0 Å². The summed E-state index contributed by atoms with van der Waals surface area (Å²) < 4.78 is 26.3. The van der Waals surface area contributed by atoms with Crippen molar-refractivity contribution in [3.63, 3.8) is 0 Å². The zero-order chi connectivity index (χ0) is 20.2. The molecule has 4 rings (SSSR count). The van der Waals surface area contributed by atoms with E-state index in [1.807, 2.05) is 18.2 Å². The molecule has 0 saturated carbocycles. The fourth-order valence-corrected chi connectivity index (χ4v) is 3.49. The van der Waals surface area contributed by atoms with Crippen molar-refractivity contribution in [2.45, 2.75) is 12.8 Å². The van der Waals surface area contributed by atoms with E-state index in [1.165, 1.54) is 6.07 Å². The first-order valence-corrected chi connectivity index (χ1v) is 9.54. The lowest BCUT2D eigenvalue weighted by molar-refractivity contribution is 0.0944. The zero-order valence-electron chi connectivity index (χ0n) is 15.7. The molecule has 1 saturated heterocycles. The number of amides is 1. The molecule has 3 heterocycles. The third-order valence-corrected chi connectivity index (χ3v) is 5.21. The lowest BCUT2D eigenvalue weighted by Gasteiger charge is -2.32. The number of pyridine rings is 1. The smallest absolute Gasteiger partial charge is 0.251 e. The number of nitrogens with one attached hydrogen (secondary N) is 2. The van der Waals surface area contributed by atoms with Gasteiger partial charge < -0.3 is 10.2 Å². The number of aromatic nitrogens is 3. The van der Waals surface area contributed by atoms with Gasteiger partial charge in [0.1, 0.15) is 0 Å². The Balaban J connectivity index is 1.28. The summed E-state index contributed by atoms with van der Waals surface area (Å²) in [5.41, 5.74) is 2.04. The Bertz CT molecular complexity index is 984. The molecule has 0 spiro atoms. The van der Waals surface area contributed by atoms with Crippen LogP contribution in [0, 0.1) is 17.6 Å². The number of aromatic amines is 1. The summed E-state index contributed by atoms with van der Waals surface area (Å²) >= 11 is 0. The van der Waals surface area contributed by atoms with Crippen LogP contribution in [0.15, 0.2) is 48.8 Å². The van der Waals surface area contributed by atoms with Crippen molar-refractivity contribution < 1.29 is 13.6 Å². The third-order valence-electron chi connectivity index (χ3n) is 5.21. The first-order chi connectivity index (χ1) is 14.1. The van der Waals surface area contributed by atoms with Crippen molar-refractivity contribution in [2.75, 3.05) is 24.5 Å². The molecule has 29 heavy (non-hydrogen) atoms. The molecule has 8 heteroatoms. The third kappa shape index (κ3) is 4.42. The number of nitrogens with zero attached hydrogens (tertiary/aromatic N) is 3. The van der Waals surface area contributed by atoms with Gasteiger partial charge in [-0.25, -0.2) is 8.78 Å². The van der Waals surface area contributed by atoms with E-state index in [-0.39, 0.29) is 11.5 Å². The highest BCUT2D eigenvalue weighted by molar-refractivity contribution is 5.94. The molecule has 2 N–H and O–H groups in total. The van der Waals surface area contributed by atoms with E-state index in [0.717, 1.165) is 55.1 Å². The van der Waals surface area contributed by atoms with E-state index >= 15 is 0 Å². The highest BCUT2D eigenvalue weighted by Crippen LogP contribution is 2.25. The van der Waals surface area contributed by atoms with Crippen LogP contribution in [0.1, 0.15) is 23.2 Å². The Kier molecular flexibility index (Phi) is 5.50. The summed E-state index contributed by atoms with van der Waals surface area (Å²) in [6, 6.07) is 9.05. The number of H-pyrrole nitrogens is 1. The molecule has 6 nitrogen and oxygen atoms in total. The molecule has 2 aromatic heterocycles. The first-order valence-electron chi connectivity index (χ1n) is 9.54. The summed E-state index contributed by atoms with van der Waals surface area (Å²) in [6.07, 6.45) is 5.34. The second-order valence-corrected chi connectivity index (χ2v) is 7.15. The number of halogens is 2. The monoisotopic (exact) mass is 397 g/mol. The Morgan fingerprint density at radius 1 is 1.17 bits per heavy atom. The molecular formula is C21H21F2N5O. The molecule has 150 valence electrons. The lowest BCUT2D eigenvalue weighted by atomic mass is 9.96. The maximum atomic E-state index is 13.3. The van der Waals surface area contributed by atoms with Crippen LogP contribution in [0.4, 0.5) is 14.6 Å². The largest absolute Gasteiger partial charge is 0.355 e. The normalized spacial score (nSPS) is 14.8. The number of hydrogen-bond donors (Lipinski definition) is 2. The minimum atomic E-state index is -1.02. The van der Waals surface area contributed by atoms with Crippen molar-refractivity contribution in [3.05, 3.63) is 66.0 Å². The number of carbonyl (C=O) groups is 1. The van der Waals surface area contributed by atoms with Crippen LogP contribution >= 0.6 is 0 Å². The van der Waals surface area contributed by atoms with Gasteiger partial charge in [0.25, 0.3) is 5.91 Å². The van der Waals surface area contributed by atoms with Gasteiger partial charge >= 0.3 is 0 Å². The van der Waals surface area contributed by atoms with Crippen LogP contribution in [-0.4, -0.2) is 40.7 Å². The molecule has 0 aliphatic carbocycles. The van der Waals surface area contributed by atoms with Crippen LogP contribution in [0.5, 0.6) is 0 Å². The van der Waals surface area contributed by atoms with Gasteiger partial charge in [0.15, 0.2) is 17.5 Å². The molecule has 1 fully saturated rings. The quantitative estimate of drug-likeness (QED) is 0.692. The predicted molar refractivity (Wildman–Crippen MR) is 105 cm³/mol. The first kappa shape index (κ1) is 19.0. The van der Waals surface area contributed by atoms with Gasteiger partial charge in [-0.3, -0.25) is 14.9 Å². The van der Waals surface area contributed by atoms with E-state index in [0.29, 0.717) is 12.5 Å². The Hall–Kier alpha value is -3.29. The highest BCUT2D eigenvalue weighted by Gasteiger charge is 2.22. The van der Waals surface area contributed by atoms with Gasteiger partial charge in [0.05, 0.1) is 5.69 Å². The Morgan fingerprint density at radius 2 is 2.00 bits per heavy atom. The molecule has 3 aromatic rings. The molecular weight excluding hydrogens is 376 g/mol. The van der Waals surface area contributed by atoms with E-state index < -0.39 is 11.6 Å². The zero-order valence-corrected chi connectivity index (χ0v) is 15.7. The fourth-order valence-electron chi connectivity index (χ4n) is 3.49. The maximum absolute atomic E-state index is 13.3. The summed E-state index contributed by atoms with van der Waals surface area (Å²) in [5.74, 6) is -1.14. The molecule has 1 aliphatic rings. The molecule has 0 bridgehead atoms. The van der Waals surface area contributed by atoms with E-state index in [1.54, 1.807) is 12.4 Å². The Morgan fingerprint density at radius 3 is 2.72 bits per heavy atom. The van der Waals surface area contributed by atoms with Gasteiger partial charge in [-0.05, 0) is 49.1 Å². The minimum Gasteiger partial charge on any atom is -0.355 e. The number of benzene rings is 1. The van der Waals surface area contributed by atoms with Crippen molar-refractivity contribution >= 4 is 11.7 Å². The molecule has 0 unspecified atom stereocenters. The number of piperidine rings is 1. The van der Waals surface area contributed by atoms with Gasteiger partial charge in [-0.1, -0.05) is 0 Å². The number of anilines is 1. The highest BCUT2D eigenvalue weighted by atomic mass is 19.2. The SMILES string of the molecule is O=C(NCC1CCN(c2cc(-c3cccnc3)[nH]n2)CC1)c1ccc(F)c(F)c1. The number of hydrogen-bond acceptors (Lipinski definition) is 4. The van der Waals surface area contributed by atoms with Crippen LogP contribution in [0.2, 0.25) is 0 Å². The van der Waals surface area contributed by atoms with Gasteiger partial charge in [0, 0.05) is 49.2 Å². The molecule has 1 amide bonds. The summed E-state index contributed by atoms with van der Waals surface area (Å²) in [4.78, 5) is 18.5. The van der Waals surface area contributed by atoms with Crippen LogP contribution < -0.4 is 10.2 Å². The molecule has 1 aliphatic heterocycles. The summed E-state index contributed by atoms with van der Waals surface area (Å²) in [5, 5.41) is 10.3. The maximum Gasteiger partial charge on any atom is 0.251 e. The van der Waals surface area contributed by atoms with E-state index in [2.05, 4.69) is 25.4 Å². The number of rotatable bonds is 5. The lowest BCUT2D eigenvalue weighted by Crippen LogP contribution is -2.38. The number of carbonyl (C=O) groups excluding carboxylic acids is 1. The second-order valence-electron chi connectivity index (χ2n) is 7.15. The Labute approximate surface area is 167 Å². The van der Waals surface area contributed by atoms with Crippen LogP contribution in [-0.2, 0) is 0 Å². The van der Waals surface area contributed by atoms with Crippen molar-refractivity contribution in [2.24, 2.45) is 5.92 Å². The molecule has 0 atom stereocenters. The standard InChI is InChI=1S/C21H21F2N5O/c22-17-4-3-15(10-18(17)23)21(29)25-12-14-5-8-28(9-6-14)20-11-19(26-27-20)16-2-1-7-24-13-16/h1-4,7,10-11,13-14H,5-6,8-9,12H2,(H,25,29)(H,26,27). The van der Waals surface area contributed by atoms with Crippen molar-refractivity contribution in [3.8, 4) is 11.3 Å². The predicted octanol–water partition coefficient (Wildman–Crippen LogP) is 3.40. The molecule has 1 aromatic carbocycles. The fraction of sp³-hybridized carbons (Fsp3) is 0.286. The van der Waals surface area contributed by atoms with Crippen LogP contribution in [0.25, 0.3) is 11.3 Å². The van der Waals surface area contributed by atoms with Crippen molar-refractivity contribution in [1.82, 2.24) is 20.5 Å². The minimum absolute atomic E-state index is 0.126. The van der Waals surface area contributed by atoms with E-state index in [4.69, 9.17) is 0 Å². The van der Waals surface area contributed by atoms with Gasteiger partial charge in [0.2, 0.25) is 0 Å². The van der Waals surface area contributed by atoms with Gasteiger partial charge in [-0.2, -0.15) is 5.10 Å². The van der Waals surface area contributed by atoms with Crippen LogP contribution in [0.3, 0.4) is 0 Å². The average molecular weight is 397 g/mol.